The van der Waals surface area contributed by atoms with Gasteiger partial charge in [-0.05, 0) is 31.0 Å². The maximum atomic E-state index is 12.2. The summed E-state index contributed by atoms with van der Waals surface area (Å²) in [6, 6.07) is 6.83. The average molecular weight is 370 g/mol. The maximum absolute atomic E-state index is 12.2. The molecule has 0 amide bonds. The highest BCUT2D eigenvalue weighted by molar-refractivity contribution is 7.15. The van der Waals surface area contributed by atoms with Gasteiger partial charge in [0.15, 0.2) is 10.7 Å². The van der Waals surface area contributed by atoms with Gasteiger partial charge in [0.1, 0.15) is 6.61 Å². The summed E-state index contributed by atoms with van der Waals surface area (Å²) in [4.78, 5) is 40.8. The summed E-state index contributed by atoms with van der Waals surface area (Å²) in [5, 5.41) is 1.76. The molecule has 7 heteroatoms. The number of rotatable bonds is 6. The van der Waals surface area contributed by atoms with Crippen LogP contribution in [0.15, 0.2) is 40.6 Å². The van der Waals surface area contributed by atoms with Crippen LogP contribution in [0.1, 0.15) is 40.0 Å². The van der Waals surface area contributed by atoms with Crippen molar-refractivity contribution in [2.75, 3.05) is 0 Å². The molecule has 0 saturated heterocycles. The second kappa shape index (κ2) is 7.61. The summed E-state index contributed by atoms with van der Waals surface area (Å²) in [5.74, 6) is -0.586. The minimum atomic E-state index is -0.490. The quantitative estimate of drug-likeness (QED) is 0.492. The number of thiazole rings is 1. The van der Waals surface area contributed by atoms with E-state index in [0.717, 1.165) is 11.1 Å². The lowest BCUT2D eigenvalue weighted by Crippen LogP contribution is -2.15. The minimum absolute atomic E-state index is 0.00795. The van der Waals surface area contributed by atoms with Crippen LogP contribution >= 0.6 is 11.3 Å². The first-order chi connectivity index (χ1) is 12.4. The fraction of sp³-hybridized carbons (Fsp3) is 0.263. The van der Waals surface area contributed by atoms with Gasteiger partial charge in [-0.1, -0.05) is 12.1 Å². The average Bonchev–Trinajstić information content (AvgIpc) is 3.09. The van der Waals surface area contributed by atoms with Crippen LogP contribution in [0.4, 0.5) is 0 Å². The van der Waals surface area contributed by atoms with Crippen molar-refractivity contribution in [2.45, 2.75) is 33.3 Å². The molecule has 0 spiro atoms. The monoisotopic (exact) mass is 370 g/mol. The molecule has 0 radical (unpaired) electrons. The number of carbonyl (C=O) groups is 2. The van der Waals surface area contributed by atoms with Gasteiger partial charge in [-0.25, -0.2) is 4.98 Å². The summed E-state index contributed by atoms with van der Waals surface area (Å²) in [5.41, 5.74) is 2.93. The lowest BCUT2D eigenvalue weighted by molar-refractivity contribution is -0.145. The third kappa shape index (κ3) is 4.05. The van der Waals surface area contributed by atoms with Crippen molar-refractivity contribution in [1.29, 1.82) is 0 Å². The van der Waals surface area contributed by atoms with Gasteiger partial charge in [0.2, 0.25) is 0 Å². The van der Waals surface area contributed by atoms with Crippen LogP contribution < -0.4 is 5.56 Å². The van der Waals surface area contributed by atoms with Crippen molar-refractivity contribution < 1.29 is 14.3 Å². The Kier molecular flexibility index (Phi) is 5.27. The molecule has 0 saturated carbocycles. The standard InChI is InChI=1S/C19H18N2O4S/c1-12-3-4-14(9-13(12)2)16(22)5-6-18(24)25-11-15-10-17(23)21-7-8-26-19(21)20-15/h3-4,7-10H,5-6,11H2,1-2H3. The molecule has 0 fully saturated rings. The van der Waals surface area contributed by atoms with Crippen LogP contribution in [-0.4, -0.2) is 21.1 Å². The zero-order valence-electron chi connectivity index (χ0n) is 14.5. The number of Topliss-reactive ketones (excluding diaryl/α,β-unsaturated/α-hetero) is 1. The Morgan fingerprint density at radius 1 is 1.15 bits per heavy atom. The Labute approximate surface area is 154 Å². The van der Waals surface area contributed by atoms with E-state index in [2.05, 4.69) is 4.98 Å². The molecule has 0 aliphatic rings. The number of hydrogen-bond donors (Lipinski definition) is 0. The summed E-state index contributed by atoms with van der Waals surface area (Å²) >= 11 is 1.33. The fourth-order valence-corrected chi connectivity index (χ4v) is 3.20. The van der Waals surface area contributed by atoms with Gasteiger partial charge in [0, 0.05) is 29.6 Å². The number of benzene rings is 1. The van der Waals surface area contributed by atoms with Crippen LogP contribution in [0.5, 0.6) is 0 Å². The van der Waals surface area contributed by atoms with Gasteiger partial charge in [0.05, 0.1) is 12.1 Å². The van der Waals surface area contributed by atoms with Crippen LogP contribution in [-0.2, 0) is 16.1 Å². The normalized spacial score (nSPS) is 10.8. The van der Waals surface area contributed by atoms with E-state index in [1.165, 1.54) is 21.8 Å². The Bertz CT molecular complexity index is 1040. The molecule has 6 nitrogen and oxygen atoms in total. The Morgan fingerprint density at radius 2 is 1.96 bits per heavy atom. The fourth-order valence-electron chi connectivity index (χ4n) is 2.46. The number of hydrogen-bond acceptors (Lipinski definition) is 6. The van der Waals surface area contributed by atoms with Gasteiger partial charge in [-0.15, -0.1) is 11.3 Å². The lowest BCUT2D eigenvalue weighted by Gasteiger charge is -2.06. The summed E-state index contributed by atoms with van der Waals surface area (Å²) in [6.45, 7) is 3.84. The molecule has 26 heavy (non-hydrogen) atoms. The van der Waals surface area contributed by atoms with E-state index in [4.69, 9.17) is 4.74 Å². The predicted molar refractivity (Wildman–Crippen MR) is 98.6 cm³/mol. The third-order valence-corrected chi connectivity index (χ3v) is 4.88. The Hall–Kier alpha value is -2.80. The third-order valence-electron chi connectivity index (χ3n) is 4.12. The second-order valence-corrected chi connectivity index (χ2v) is 6.90. The first-order valence-electron chi connectivity index (χ1n) is 8.16. The largest absolute Gasteiger partial charge is 0.459 e. The molecule has 0 aliphatic heterocycles. The zero-order chi connectivity index (χ0) is 18.7. The van der Waals surface area contributed by atoms with E-state index >= 15 is 0 Å². The number of aromatic nitrogens is 2. The molecule has 0 atom stereocenters. The van der Waals surface area contributed by atoms with Crippen LogP contribution in [0, 0.1) is 13.8 Å². The predicted octanol–water partition coefficient (Wildman–Crippen LogP) is 3.08. The zero-order valence-corrected chi connectivity index (χ0v) is 15.3. The van der Waals surface area contributed by atoms with Crippen molar-refractivity contribution in [3.8, 4) is 0 Å². The van der Waals surface area contributed by atoms with E-state index < -0.39 is 5.97 Å². The van der Waals surface area contributed by atoms with E-state index in [0.29, 0.717) is 16.2 Å². The molecular formula is C19H18N2O4S. The molecule has 0 aliphatic carbocycles. The van der Waals surface area contributed by atoms with Gasteiger partial charge in [-0.2, -0.15) is 0 Å². The SMILES string of the molecule is Cc1ccc(C(=O)CCC(=O)OCc2cc(=O)n3ccsc3n2)cc1C. The Morgan fingerprint density at radius 3 is 2.73 bits per heavy atom. The summed E-state index contributed by atoms with van der Waals surface area (Å²) < 4.78 is 6.57. The molecule has 2 aromatic heterocycles. The number of fused-ring (bicyclic) bond motifs is 1. The van der Waals surface area contributed by atoms with Gasteiger partial charge < -0.3 is 4.74 Å². The van der Waals surface area contributed by atoms with Crippen molar-refractivity contribution in [2.24, 2.45) is 0 Å². The Balaban J connectivity index is 1.54. The summed E-state index contributed by atoms with van der Waals surface area (Å²) in [7, 11) is 0. The van der Waals surface area contributed by atoms with E-state index in [9.17, 15) is 14.4 Å². The highest BCUT2D eigenvalue weighted by atomic mass is 32.1. The van der Waals surface area contributed by atoms with E-state index in [1.807, 2.05) is 26.0 Å². The van der Waals surface area contributed by atoms with Crippen LogP contribution in [0.2, 0.25) is 0 Å². The number of aryl methyl sites for hydroxylation is 2. The smallest absolute Gasteiger partial charge is 0.306 e. The maximum Gasteiger partial charge on any atom is 0.306 e. The van der Waals surface area contributed by atoms with Crippen LogP contribution in [0.3, 0.4) is 0 Å². The van der Waals surface area contributed by atoms with E-state index in [-0.39, 0.29) is 30.8 Å². The molecule has 0 N–H and O–H groups in total. The first-order valence-corrected chi connectivity index (χ1v) is 9.04. The van der Waals surface area contributed by atoms with Crippen molar-refractivity contribution in [1.82, 2.24) is 9.38 Å². The number of esters is 1. The number of carbonyl (C=O) groups excluding carboxylic acids is 2. The minimum Gasteiger partial charge on any atom is -0.459 e. The molecule has 1 aromatic carbocycles. The first kappa shape index (κ1) is 18.0. The molecule has 0 unspecified atom stereocenters. The van der Waals surface area contributed by atoms with Crippen molar-refractivity contribution >= 4 is 28.1 Å². The van der Waals surface area contributed by atoms with E-state index in [1.54, 1.807) is 17.6 Å². The van der Waals surface area contributed by atoms with Gasteiger partial charge in [0.25, 0.3) is 5.56 Å². The lowest BCUT2D eigenvalue weighted by atomic mass is 10.0. The second-order valence-electron chi connectivity index (χ2n) is 6.02. The highest BCUT2D eigenvalue weighted by Gasteiger charge is 2.12. The molecule has 3 rings (SSSR count). The number of nitrogens with zero attached hydrogens (tertiary/aromatic N) is 2. The molecule has 134 valence electrons. The van der Waals surface area contributed by atoms with Gasteiger partial charge >= 0.3 is 5.97 Å². The molecule has 3 aromatic rings. The van der Waals surface area contributed by atoms with Crippen molar-refractivity contribution in [3.05, 3.63) is 68.6 Å². The molecular weight excluding hydrogens is 352 g/mol. The van der Waals surface area contributed by atoms with Gasteiger partial charge in [-0.3, -0.25) is 18.8 Å². The van der Waals surface area contributed by atoms with Crippen molar-refractivity contribution in [3.63, 3.8) is 0 Å². The highest BCUT2D eigenvalue weighted by Crippen LogP contribution is 2.13. The topological polar surface area (TPSA) is 77.7 Å². The molecule has 0 bridgehead atoms. The number of ether oxygens (including phenoxy) is 1. The molecule has 2 heterocycles. The van der Waals surface area contributed by atoms with Crippen LogP contribution in [0.25, 0.3) is 4.96 Å². The number of ketones is 1. The summed E-state index contributed by atoms with van der Waals surface area (Å²) in [6.07, 6.45) is 1.72.